The van der Waals surface area contributed by atoms with Crippen molar-refractivity contribution in [3.05, 3.63) is 64.7 Å². The maximum atomic E-state index is 12.2. The van der Waals surface area contributed by atoms with Crippen LogP contribution in [-0.2, 0) is 4.74 Å². The van der Waals surface area contributed by atoms with Crippen molar-refractivity contribution < 1.29 is 18.7 Å². The van der Waals surface area contributed by atoms with E-state index in [9.17, 15) is 9.59 Å². The smallest absolute Gasteiger partial charge is 0.338 e. The second kappa shape index (κ2) is 7.79. The Morgan fingerprint density at radius 2 is 1.85 bits per heavy atom. The highest BCUT2D eigenvalue weighted by molar-refractivity contribution is 6.34. The number of nitrogens with one attached hydrogen (secondary N) is 1. The molecular weight excluding hydrogens is 358 g/mol. The molecule has 132 valence electrons. The quantitative estimate of drug-likeness (QED) is 0.685. The van der Waals surface area contributed by atoms with Crippen LogP contribution in [0.2, 0.25) is 5.02 Å². The van der Waals surface area contributed by atoms with E-state index in [0.717, 1.165) is 0 Å². The molecule has 1 N–H and O–H groups in total. The summed E-state index contributed by atoms with van der Waals surface area (Å²) in [5, 5.41) is 10.5. The third kappa shape index (κ3) is 3.89. The van der Waals surface area contributed by atoms with Crippen molar-refractivity contribution in [2.24, 2.45) is 0 Å². The summed E-state index contributed by atoms with van der Waals surface area (Å²) in [5.41, 5.74) is 1.32. The van der Waals surface area contributed by atoms with Gasteiger partial charge in [-0.05, 0) is 43.3 Å². The van der Waals surface area contributed by atoms with Crippen molar-refractivity contribution in [1.82, 2.24) is 10.2 Å². The summed E-state index contributed by atoms with van der Waals surface area (Å²) in [4.78, 5) is 23.8. The van der Waals surface area contributed by atoms with Gasteiger partial charge in [0, 0.05) is 5.56 Å². The number of aromatic nitrogens is 2. The molecule has 1 amide bonds. The lowest BCUT2D eigenvalue weighted by Crippen LogP contribution is -2.12. The summed E-state index contributed by atoms with van der Waals surface area (Å²) >= 11 is 5.98. The molecule has 0 aliphatic rings. The van der Waals surface area contributed by atoms with Crippen LogP contribution in [0.25, 0.3) is 11.5 Å². The number of carbonyl (C=O) groups excluding carboxylic acids is 2. The Labute approximate surface area is 153 Å². The van der Waals surface area contributed by atoms with Gasteiger partial charge in [0.05, 0.1) is 22.8 Å². The Hall–Kier alpha value is -3.19. The van der Waals surface area contributed by atoms with Gasteiger partial charge in [-0.3, -0.25) is 10.1 Å². The summed E-state index contributed by atoms with van der Waals surface area (Å²) in [7, 11) is 0. The molecule has 0 saturated carbocycles. The molecule has 0 fully saturated rings. The van der Waals surface area contributed by atoms with Gasteiger partial charge in [-0.15, -0.1) is 5.10 Å². The number of anilines is 1. The van der Waals surface area contributed by atoms with Crippen LogP contribution in [0.1, 0.15) is 27.6 Å². The molecule has 8 heteroatoms. The number of carbonyl (C=O) groups is 2. The molecule has 3 aromatic rings. The molecule has 26 heavy (non-hydrogen) atoms. The third-order valence-corrected chi connectivity index (χ3v) is 3.74. The molecular formula is C18H14ClN3O4. The Balaban J connectivity index is 1.73. The SMILES string of the molecule is CCOC(=O)c1ccc(-c2nnc(NC(=O)c3ccccc3Cl)o2)cc1. The fraction of sp³-hybridized carbons (Fsp3) is 0.111. The first-order chi connectivity index (χ1) is 12.6. The second-order valence-electron chi connectivity index (χ2n) is 5.14. The number of benzene rings is 2. The summed E-state index contributed by atoms with van der Waals surface area (Å²) in [6.45, 7) is 2.04. The van der Waals surface area contributed by atoms with E-state index in [0.29, 0.717) is 28.3 Å². The lowest BCUT2D eigenvalue weighted by Gasteiger charge is -2.02. The molecule has 0 radical (unpaired) electrons. The van der Waals surface area contributed by atoms with Crippen molar-refractivity contribution in [2.45, 2.75) is 6.92 Å². The van der Waals surface area contributed by atoms with Gasteiger partial charge in [0.2, 0.25) is 5.89 Å². The highest BCUT2D eigenvalue weighted by atomic mass is 35.5. The summed E-state index contributed by atoms with van der Waals surface area (Å²) in [6, 6.07) is 13.1. The fourth-order valence-corrected chi connectivity index (χ4v) is 2.39. The van der Waals surface area contributed by atoms with Crippen molar-refractivity contribution >= 4 is 29.5 Å². The fourth-order valence-electron chi connectivity index (χ4n) is 2.16. The summed E-state index contributed by atoms with van der Waals surface area (Å²) in [5.74, 6) is -0.657. The number of hydrogen-bond acceptors (Lipinski definition) is 6. The van der Waals surface area contributed by atoms with Gasteiger partial charge in [-0.2, -0.15) is 0 Å². The molecule has 0 aliphatic carbocycles. The summed E-state index contributed by atoms with van der Waals surface area (Å²) in [6.07, 6.45) is 0. The van der Waals surface area contributed by atoms with Crippen LogP contribution in [-0.4, -0.2) is 28.7 Å². The van der Waals surface area contributed by atoms with Crippen LogP contribution in [0.3, 0.4) is 0 Å². The van der Waals surface area contributed by atoms with Crippen molar-refractivity contribution in [3.63, 3.8) is 0 Å². The molecule has 3 rings (SSSR count). The standard InChI is InChI=1S/C18H14ClN3O4/c1-2-25-17(24)12-9-7-11(8-10-12)16-21-22-18(26-16)20-15(23)13-5-3-4-6-14(13)19/h3-10H,2H2,1H3,(H,20,22,23). The molecule has 0 aliphatic heterocycles. The zero-order chi connectivity index (χ0) is 18.5. The van der Waals surface area contributed by atoms with Crippen molar-refractivity contribution in [1.29, 1.82) is 0 Å². The average molecular weight is 372 g/mol. The number of halogens is 1. The van der Waals surface area contributed by atoms with Gasteiger partial charge in [0.1, 0.15) is 0 Å². The largest absolute Gasteiger partial charge is 0.462 e. The Morgan fingerprint density at radius 1 is 1.12 bits per heavy atom. The predicted molar refractivity (Wildman–Crippen MR) is 95.1 cm³/mol. The molecule has 0 atom stereocenters. The summed E-state index contributed by atoms with van der Waals surface area (Å²) < 4.78 is 10.4. The number of hydrogen-bond donors (Lipinski definition) is 1. The lowest BCUT2D eigenvalue weighted by atomic mass is 10.1. The minimum atomic E-state index is -0.455. The maximum absolute atomic E-state index is 12.2. The number of nitrogens with zero attached hydrogens (tertiary/aromatic N) is 2. The Bertz CT molecular complexity index is 938. The van der Waals surface area contributed by atoms with E-state index in [4.69, 9.17) is 20.8 Å². The van der Waals surface area contributed by atoms with Crippen molar-refractivity contribution in [2.75, 3.05) is 11.9 Å². The lowest BCUT2D eigenvalue weighted by molar-refractivity contribution is 0.0526. The van der Waals surface area contributed by atoms with Crippen LogP contribution < -0.4 is 5.32 Å². The van der Waals surface area contributed by atoms with E-state index >= 15 is 0 Å². The van der Waals surface area contributed by atoms with Gasteiger partial charge in [-0.1, -0.05) is 28.8 Å². The van der Waals surface area contributed by atoms with E-state index in [-0.39, 0.29) is 11.9 Å². The average Bonchev–Trinajstić information content (AvgIpc) is 3.11. The van der Waals surface area contributed by atoms with E-state index in [2.05, 4.69) is 15.5 Å². The van der Waals surface area contributed by atoms with Crippen molar-refractivity contribution in [3.8, 4) is 11.5 Å². The Kier molecular flexibility index (Phi) is 5.28. The second-order valence-corrected chi connectivity index (χ2v) is 5.55. The molecule has 0 unspecified atom stereocenters. The van der Waals surface area contributed by atoms with E-state index in [1.54, 1.807) is 55.5 Å². The zero-order valence-electron chi connectivity index (χ0n) is 13.7. The van der Waals surface area contributed by atoms with Crippen LogP contribution in [0, 0.1) is 0 Å². The zero-order valence-corrected chi connectivity index (χ0v) is 14.5. The molecule has 0 saturated heterocycles. The van der Waals surface area contributed by atoms with Gasteiger partial charge in [0.15, 0.2) is 0 Å². The first kappa shape index (κ1) is 17.6. The number of esters is 1. The van der Waals surface area contributed by atoms with Gasteiger partial charge < -0.3 is 9.15 Å². The third-order valence-electron chi connectivity index (χ3n) is 3.41. The number of rotatable bonds is 5. The highest BCUT2D eigenvalue weighted by Crippen LogP contribution is 2.22. The molecule has 2 aromatic carbocycles. The van der Waals surface area contributed by atoms with Crippen LogP contribution >= 0.6 is 11.6 Å². The molecule has 1 heterocycles. The maximum Gasteiger partial charge on any atom is 0.338 e. The van der Waals surface area contributed by atoms with Crippen LogP contribution in [0.4, 0.5) is 6.01 Å². The van der Waals surface area contributed by atoms with Crippen LogP contribution in [0.5, 0.6) is 0 Å². The number of ether oxygens (including phenoxy) is 1. The molecule has 0 bridgehead atoms. The highest BCUT2D eigenvalue weighted by Gasteiger charge is 2.15. The van der Waals surface area contributed by atoms with E-state index in [1.807, 2.05) is 0 Å². The molecule has 0 spiro atoms. The first-order valence-electron chi connectivity index (χ1n) is 7.75. The van der Waals surface area contributed by atoms with E-state index in [1.165, 1.54) is 0 Å². The van der Waals surface area contributed by atoms with Gasteiger partial charge in [-0.25, -0.2) is 4.79 Å². The van der Waals surface area contributed by atoms with Crippen LogP contribution in [0.15, 0.2) is 52.9 Å². The normalized spacial score (nSPS) is 10.4. The predicted octanol–water partition coefficient (Wildman–Crippen LogP) is 3.82. The molecule has 7 nitrogen and oxygen atoms in total. The first-order valence-corrected chi connectivity index (χ1v) is 8.13. The van der Waals surface area contributed by atoms with Gasteiger partial charge in [0.25, 0.3) is 5.91 Å². The molecule has 1 aromatic heterocycles. The minimum absolute atomic E-state index is 0.0561. The topological polar surface area (TPSA) is 94.3 Å². The van der Waals surface area contributed by atoms with Gasteiger partial charge >= 0.3 is 12.0 Å². The monoisotopic (exact) mass is 371 g/mol. The minimum Gasteiger partial charge on any atom is -0.462 e. The number of amides is 1. The van der Waals surface area contributed by atoms with E-state index < -0.39 is 11.9 Å². The Morgan fingerprint density at radius 3 is 2.54 bits per heavy atom.